The number of benzene rings is 1. The second-order valence-electron chi connectivity index (χ2n) is 6.61. The van der Waals surface area contributed by atoms with Crippen LogP contribution in [0.1, 0.15) is 34.1 Å². The summed E-state index contributed by atoms with van der Waals surface area (Å²) in [5, 5.41) is 3.62. The highest BCUT2D eigenvalue weighted by Gasteiger charge is 2.35. The molecule has 0 aliphatic carbocycles. The molecule has 20 heavy (non-hydrogen) atoms. The molecule has 0 aromatic heterocycles. The van der Waals surface area contributed by atoms with Gasteiger partial charge in [0.2, 0.25) is 0 Å². The summed E-state index contributed by atoms with van der Waals surface area (Å²) in [4.78, 5) is 2.23. The Balaban J connectivity index is 2.35. The molecule has 0 saturated carbocycles. The molecule has 2 atom stereocenters. The Hall–Kier alpha value is -0.610. The lowest BCUT2D eigenvalue weighted by Crippen LogP contribution is -2.60. The molecule has 0 bridgehead atoms. The third-order valence-corrected chi connectivity index (χ3v) is 4.80. The number of anilines is 1. The lowest BCUT2D eigenvalue weighted by molar-refractivity contribution is 0.233. The molecule has 1 heterocycles. The zero-order valence-electron chi connectivity index (χ0n) is 12.7. The maximum atomic E-state index is 14.3. The average Bonchev–Trinajstić information content (AvgIpc) is 2.37. The first-order chi connectivity index (χ1) is 9.34. The van der Waals surface area contributed by atoms with E-state index in [1.54, 1.807) is 12.1 Å². The molecule has 0 radical (unpaired) electrons. The first kappa shape index (κ1) is 15.8. The lowest BCUT2D eigenvalue weighted by Gasteiger charge is -2.46. The predicted molar refractivity (Wildman–Crippen MR) is 86.8 cm³/mol. The van der Waals surface area contributed by atoms with Crippen LogP contribution in [0.2, 0.25) is 0 Å². The van der Waals surface area contributed by atoms with Crippen LogP contribution in [-0.4, -0.2) is 25.2 Å². The highest BCUT2D eigenvalue weighted by molar-refractivity contribution is 9.10. The first-order valence-corrected chi connectivity index (χ1v) is 8.08. The summed E-state index contributed by atoms with van der Waals surface area (Å²) < 4.78 is 15.1. The highest BCUT2D eigenvalue weighted by atomic mass is 79.9. The van der Waals surface area contributed by atoms with Gasteiger partial charge >= 0.3 is 0 Å². The third-order valence-electron chi connectivity index (χ3n) is 4.16. The number of nitrogens with one attached hydrogen (secondary N) is 1. The third kappa shape index (κ3) is 3.17. The van der Waals surface area contributed by atoms with Gasteiger partial charge in [-0.2, -0.15) is 0 Å². The number of piperazine rings is 1. The van der Waals surface area contributed by atoms with E-state index < -0.39 is 0 Å². The molecule has 112 valence electrons. The SMILES string of the molecule is CCC1CNC(C(C)(C)C)CN1c1c(F)cccc1Br. The molecule has 1 saturated heterocycles. The molecule has 4 heteroatoms. The standard InChI is InChI=1S/C16H24BrFN2/c1-5-11-9-19-14(16(2,3)4)10-20(11)15-12(17)7-6-8-13(15)18/h6-8,11,14,19H,5,9-10H2,1-4H3. The van der Waals surface area contributed by atoms with Crippen molar-refractivity contribution in [3.05, 3.63) is 28.5 Å². The van der Waals surface area contributed by atoms with Crippen LogP contribution >= 0.6 is 15.9 Å². The van der Waals surface area contributed by atoms with E-state index in [1.165, 1.54) is 0 Å². The van der Waals surface area contributed by atoms with Crippen LogP contribution in [0, 0.1) is 11.2 Å². The van der Waals surface area contributed by atoms with Crippen LogP contribution in [-0.2, 0) is 0 Å². The summed E-state index contributed by atoms with van der Waals surface area (Å²) in [6.07, 6.45) is 1.00. The summed E-state index contributed by atoms with van der Waals surface area (Å²) in [5.74, 6) is -0.146. The van der Waals surface area contributed by atoms with Gasteiger partial charge in [-0.25, -0.2) is 4.39 Å². The fraction of sp³-hybridized carbons (Fsp3) is 0.625. The number of hydrogen-bond acceptors (Lipinski definition) is 2. The van der Waals surface area contributed by atoms with Crippen LogP contribution in [0.3, 0.4) is 0 Å². The molecule has 2 unspecified atom stereocenters. The van der Waals surface area contributed by atoms with Gasteiger partial charge in [0.25, 0.3) is 0 Å². The maximum absolute atomic E-state index is 14.3. The zero-order chi connectivity index (χ0) is 14.9. The number of hydrogen-bond donors (Lipinski definition) is 1. The number of rotatable bonds is 2. The smallest absolute Gasteiger partial charge is 0.147 e. The van der Waals surface area contributed by atoms with Crippen molar-refractivity contribution in [1.29, 1.82) is 0 Å². The van der Waals surface area contributed by atoms with Gasteiger partial charge in [0, 0.05) is 29.6 Å². The average molecular weight is 343 g/mol. The Morgan fingerprint density at radius 2 is 2.10 bits per heavy atom. The van der Waals surface area contributed by atoms with Crippen LogP contribution in [0.5, 0.6) is 0 Å². The molecule has 1 aromatic rings. The van der Waals surface area contributed by atoms with Crippen molar-refractivity contribution in [2.24, 2.45) is 5.41 Å². The molecule has 2 rings (SSSR count). The predicted octanol–water partition coefficient (Wildman–Crippen LogP) is 4.19. The maximum Gasteiger partial charge on any atom is 0.147 e. The minimum absolute atomic E-state index is 0.146. The molecular formula is C16H24BrFN2. The number of para-hydroxylation sites is 1. The normalized spacial score (nSPS) is 24.0. The van der Waals surface area contributed by atoms with Gasteiger partial charge in [-0.15, -0.1) is 0 Å². The number of nitrogens with zero attached hydrogens (tertiary/aromatic N) is 1. The quantitative estimate of drug-likeness (QED) is 0.866. The Morgan fingerprint density at radius 3 is 2.65 bits per heavy atom. The summed E-state index contributed by atoms with van der Waals surface area (Å²) >= 11 is 3.51. The number of halogens is 2. The fourth-order valence-electron chi connectivity index (χ4n) is 2.78. The Labute approximate surface area is 129 Å². The molecule has 1 fully saturated rings. The van der Waals surface area contributed by atoms with Crippen molar-refractivity contribution in [3.8, 4) is 0 Å². The van der Waals surface area contributed by atoms with E-state index in [-0.39, 0.29) is 11.2 Å². The van der Waals surface area contributed by atoms with Crippen molar-refractivity contribution in [1.82, 2.24) is 5.32 Å². The summed E-state index contributed by atoms with van der Waals surface area (Å²) in [6.45, 7) is 10.6. The minimum atomic E-state index is -0.146. The van der Waals surface area contributed by atoms with Crippen molar-refractivity contribution >= 4 is 21.6 Å². The molecule has 1 aliphatic heterocycles. The Morgan fingerprint density at radius 1 is 1.40 bits per heavy atom. The summed E-state index contributed by atoms with van der Waals surface area (Å²) in [5.41, 5.74) is 0.865. The van der Waals surface area contributed by atoms with Gasteiger partial charge < -0.3 is 10.2 Å². The molecule has 1 aliphatic rings. The Kier molecular flexibility index (Phi) is 4.75. The van der Waals surface area contributed by atoms with Gasteiger partial charge in [-0.1, -0.05) is 33.8 Å². The van der Waals surface area contributed by atoms with Crippen LogP contribution in [0.25, 0.3) is 0 Å². The van der Waals surface area contributed by atoms with E-state index >= 15 is 0 Å². The van der Waals surface area contributed by atoms with Crippen LogP contribution in [0.4, 0.5) is 10.1 Å². The van der Waals surface area contributed by atoms with Crippen LogP contribution < -0.4 is 10.2 Å². The van der Waals surface area contributed by atoms with Gasteiger partial charge in [-0.05, 0) is 39.9 Å². The van der Waals surface area contributed by atoms with Gasteiger partial charge in [0.1, 0.15) is 5.82 Å². The Bertz CT molecular complexity index is 450. The molecule has 0 spiro atoms. The fourth-order valence-corrected chi connectivity index (χ4v) is 3.35. The van der Waals surface area contributed by atoms with E-state index in [4.69, 9.17) is 0 Å². The second-order valence-corrected chi connectivity index (χ2v) is 7.47. The van der Waals surface area contributed by atoms with E-state index in [0.29, 0.717) is 17.8 Å². The van der Waals surface area contributed by atoms with Crippen molar-refractivity contribution in [2.45, 2.75) is 46.2 Å². The van der Waals surface area contributed by atoms with E-state index in [0.717, 1.165) is 24.0 Å². The molecule has 2 nitrogen and oxygen atoms in total. The van der Waals surface area contributed by atoms with Crippen LogP contribution in [0.15, 0.2) is 22.7 Å². The van der Waals surface area contributed by atoms with Gasteiger partial charge in [0.15, 0.2) is 0 Å². The minimum Gasteiger partial charge on any atom is -0.362 e. The van der Waals surface area contributed by atoms with Crippen molar-refractivity contribution in [2.75, 3.05) is 18.0 Å². The van der Waals surface area contributed by atoms with E-state index in [2.05, 4.69) is 53.8 Å². The van der Waals surface area contributed by atoms with Crippen molar-refractivity contribution < 1.29 is 4.39 Å². The second kappa shape index (κ2) is 6.02. The lowest BCUT2D eigenvalue weighted by atomic mass is 9.84. The van der Waals surface area contributed by atoms with E-state index in [1.807, 2.05) is 6.07 Å². The first-order valence-electron chi connectivity index (χ1n) is 7.28. The topological polar surface area (TPSA) is 15.3 Å². The van der Waals surface area contributed by atoms with E-state index in [9.17, 15) is 4.39 Å². The highest BCUT2D eigenvalue weighted by Crippen LogP contribution is 2.34. The molecule has 1 aromatic carbocycles. The summed E-state index contributed by atoms with van der Waals surface area (Å²) in [6, 6.07) is 5.90. The van der Waals surface area contributed by atoms with Crippen molar-refractivity contribution in [3.63, 3.8) is 0 Å². The largest absolute Gasteiger partial charge is 0.362 e. The molecule has 0 amide bonds. The van der Waals surface area contributed by atoms with Gasteiger partial charge in [-0.3, -0.25) is 0 Å². The zero-order valence-corrected chi connectivity index (χ0v) is 14.3. The molecule has 1 N–H and O–H groups in total. The summed E-state index contributed by atoms with van der Waals surface area (Å²) in [7, 11) is 0. The monoisotopic (exact) mass is 342 g/mol. The molecular weight excluding hydrogens is 319 g/mol. The van der Waals surface area contributed by atoms with Gasteiger partial charge in [0.05, 0.1) is 5.69 Å².